The number of carbonyl (C=O) groups is 2. The van der Waals surface area contributed by atoms with E-state index in [2.05, 4.69) is 12.2 Å². The van der Waals surface area contributed by atoms with Gasteiger partial charge in [0.2, 0.25) is 0 Å². The van der Waals surface area contributed by atoms with E-state index < -0.39 is 0 Å². The highest BCUT2D eigenvalue weighted by Crippen LogP contribution is 2.33. The number of nitrogens with one attached hydrogen (secondary N) is 1. The maximum Gasteiger partial charge on any atom is 0.255 e. The summed E-state index contributed by atoms with van der Waals surface area (Å²) in [5.74, 6) is 0.355. The SMILES string of the molecule is CCc1ccc(C(=O)Nc2cc(OC)cc(OC)c2C(C)=O)cc1. The molecule has 0 aliphatic heterocycles. The molecule has 0 saturated carbocycles. The minimum absolute atomic E-state index is 0.203. The average Bonchev–Trinajstić information content (AvgIpc) is 2.60. The molecule has 0 saturated heterocycles. The van der Waals surface area contributed by atoms with Gasteiger partial charge in [-0.2, -0.15) is 0 Å². The normalized spacial score (nSPS) is 10.2. The van der Waals surface area contributed by atoms with Crippen molar-refractivity contribution in [3.8, 4) is 11.5 Å². The van der Waals surface area contributed by atoms with E-state index in [4.69, 9.17) is 9.47 Å². The second kappa shape index (κ2) is 7.64. The molecule has 0 aromatic heterocycles. The number of anilines is 1. The van der Waals surface area contributed by atoms with Crippen LogP contribution in [0.3, 0.4) is 0 Å². The van der Waals surface area contributed by atoms with Gasteiger partial charge in [-0.1, -0.05) is 19.1 Å². The third-order valence-electron chi connectivity index (χ3n) is 3.76. The van der Waals surface area contributed by atoms with Crippen LogP contribution in [0.15, 0.2) is 36.4 Å². The highest BCUT2D eigenvalue weighted by atomic mass is 16.5. The highest BCUT2D eigenvalue weighted by Gasteiger charge is 2.18. The number of Topliss-reactive ketones (excluding diaryl/α,β-unsaturated/α-hetero) is 1. The molecular weight excluding hydrogens is 306 g/mol. The molecule has 0 aliphatic rings. The van der Waals surface area contributed by atoms with Crippen molar-refractivity contribution in [2.45, 2.75) is 20.3 Å². The number of methoxy groups -OCH3 is 2. The maximum absolute atomic E-state index is 12.5. The number of ketones is 1. The first-order valence-corrected chi connectivity index (χ1v) is 7.67. The lowest BCUT2D eigenvalue weighted by Gasteiger charge is -2.15. The van der Waals surface area contributed by atoms with Crippen molar-refractivity contribution in [3.63, 3.8) is 0 Å². The van der Waals surface area contributed by atoms with Gasteiger partial charge in [-0.25, -0.2) is 0 Å². The van der Waals surface area contributed by atoms with E-state index in [1.54, 1.807) is 24.3 Å². The number of ether oxygens (including phenoxy) is 2. The monoisotopic (exact) mass is 327 g/mol. The third kappa shape index (κ3) is 3.74. The highest BCUT2D eigenvalue weighted by molar-refractivity contribution is 6.10. The summed E-state index contributed by atoms with van der Waals surface area (Å²) in [6.07, 6.45) is 0.906. The zero-order valence-corrected chi connectivity index (χ0v) is 14.3. The molecule has 2 aromatic carbocycles. The predicted octanol–water partition coefficient (Wildman–Crippen LogP) is 3.72. The van der Waals surface area contributed by atoms with Crippen molar-refractivity contribution in [1.82, 2.24) is 0 Å². The summed E-state index contributed by atoms with van der Waals surface area (Å²) in [5, 5.41) is 2.78. The number of hydrogen-bond acceptors (Lipinski definition) is 4. The Bertz CT molecular complexity index is 751. The molecule has 0 aliphatic carbocycles. The Morgan fingerprint density at radius 3 is 2.21 bits per heavy atom. The van der Waals surface area contributed by atoms with Gasteiger partial charge in [0.25, 0.3) is 5.91 Å². The molecule has 2 aromatic rings. The van der Waals surface area contributed by atoms with E-state index in [0.717, 1.165) is 12.0 Å². The van der Waals surface area contributed by atoms with Crippen LogP contribution < -0.4 is 14.8 Å². The quantitative estimate of drug-likeness (QED) is 0.821. The fraction of sp³-hybridized carbons (Fsp3) is 0.263. The number of hydrogen-bond donors (Lipinski definition) is 1. The molecule has 1 N–H and O–H groups in total. The first-order valence-electron chi connectivity index (χ1n) is 7.67. The van der Waals surface area contributed by atoms with Crippen molar-refractivity contribution in [1.29, 1.82) is 0 Å². The van der Waals surface area contributed by atoms with Crippen molar-refractivity contribution in [2.75, 3.05) is 19.5 Å². The van der Waals surface area contributed by atoms with Crippen molar-refractivity contribution in [3.05, 3.63) is 53.1 Å². The van der Waals surface area contributed by atoms with Crippen LogP contribution in [0, 0.1) is 0 Å². The summed E-state index contributed by atoms with van der Waals surface area (Å²) in [7, 11) is 2.98. The largest absolute Gasteiger partial charge is 0.497 e. The minimum Gasteiger partial charge on any atom is -0.497 e. The van der Waals surface area contributed by atoms with Gasteiger partial charge >= 0.3 is 0 Å². The molecular formula is C19H21NO4. The number of aryl methyl sites for hydroxylation is 1. The van der Waals surface area contributed by atoms with Crippen molar-refractivity contribution >= 4 is 17.4 Å². The van der Waals surface area contributed by atoms with E-state index in [-0.39, 0.29) is 11.7 Å². The van der Waals surface area contributed by atoms with Crippen LogP contribution in [0.5, 0.6) is 11.5 Å². The standard InChI is InChI=1S/C19H21NO4/c1-5-13-6-8-14(9-7-13)19(22)20-16-10-15(23-3)11-17(24-4)18(16)12(2)21/h6-11H,5H2,1-4H3,(H,20,22). The van der Waals surface area contributed by atoms with Crippen LogP contribution in [0.4, 0.5) is 5.69 Å². The van der Waals surface area contributed by atoms with Crippen molar-refractivity contribution in [2.24, 2.45) is 0 Å². The van der Waals surface area contributed by atoms with Crippen LogP contribution in [-0.4, -0.2) is 25.9 Å². The summed E-state index contributed by atoms with van der Waals surface area (Å²) in [6.45, 7) is 3.48. The summed E-state index contributed by atoms with van der Waals surface area (Å²) in [5.41, 5.74) is 2.35. The van der Waals surface area contributed by atoms with Crippen LogP contribution >= 0.6 is 0 Å². The fourth-order valence-electron chi connectivity index (χ4n) is 2.42. The molecule has 0 radical (unpaired) electrons. The van der Waals surface area contributed by atoms with E-state index in [9.17, 15) is 9.59 Å². The molecule has 5 heteroatoms. The summed E-state index contributed by atoms with van der Waals surface area (Å²) in [6, 6.07) is 10.6. The smallest absolute Gasteiger partial charge is 0.255 e. The van der Waals surface area contributed by atoms with E-state index in [1.807, 2.05) is 12.1 Å². The van der Waals surface area contributed by atoms with Crippen LogP contribution in [0.25, 0.3) is 0 Å². The fourth-order valence-corrected chi connectivity index (χ4v) is 2.42. The molecule has 0 heterocycles. The summed E-state index contributed by atoms with van der Waals surface area (Å²) < 4.78 is 10.5. The predicted molar refractivity (Wildman–Crippen MR) is 93.3 cm³/mol. The first-order chi connectivity index (χ1) is 11.5. The second-order valence-corrected chi connectivity index (χ2v) is 5.31. The van der Waals surface area contributed by atoms with Crippen LogP contribution in [-0.2, 0) is 6.42 Å². The summed E-state index contributed by atoms with van der Waals surface area (Å²) in [4.78, 5) is 24.5. The Morgan fingerprint density at radius 2 is 1.71 bits per heavy atom. The number of carbonyl (C=O) groups excluding carboxylic acids is 2. The first kappa shape index (κ1) is 17.5. The molecule has 126 valence electrons. The molecule has 24 heavy (non-hydrogen) atoms. The molecule has 0 fully saturated rings. The lowest BCUT2D eigenvalue weighted by Crippen LogP contribution is -2.15. The van der Waals surface area contributed by atoms with E-state index >= 15 is 0 Å². The molecule has 2 rings (SSSR count). The van der Waals surface area contributed by atoms with Crippen LogP contribution in [0.1, 0.15) is 40.1 Å². The van der Waals surface area contributed by atoms with E-state index in [0.29, 0.717) is 28.3 Å². The zero-order chi connectivity index (χ0) is 17.7. The van der Waals surface area contributed by atoms with Gasteiger partial charge in [0.1, 0.15) is 11.5 Å². The molecule has 0 bridgehead atoms. The number of rotatable bonds is 6. The maximum atomic E-state index is 12.5. The average molecular weight is 327 g/mol. The Hall–Kier alpha value is -2.82. The van der Waals surface area contributed by atoms with E-state index in [1.165, 1.54) is 21.1 Å². The van der Waals surface area contributed by atoms with Crippen LogP contribution in [0.2, 0.25) is 0 Å². The summed E-state index contributed by atoms with van der Waals surface area (Å²) >= 11 is 0. The van der Waals surface area contributed by atoms with Gasteiger partial charge in [0.15, 0.2) is 5.78 Å². The van der Waals surface area contributed by atoms with Gasteiger partial charge < -0.3 is 14.8 Å². The Balaban J connectivity index is 2.39. The minimum atomic E-state index is -0.296. The second-order valence-electron chi connectivity index (χ2n) is 5.31. The Kier molecular flexibility index (Phi) is 5.58. The van der Waals surface area contributed by atoms with Gasteiger partial charge in [-0.3, -0.25) is 9.59 Å². The lowest BCUT2D eigenvalue weighted by atomic mass is 10.1. The van der Waals surface area contributed by atoms with Gasteiger partial charge in [0.05, 0.1) is 25.5 Å². The van der Waals surface area contributed by atoms with Gasteiger partial charge in [-0.05, 0) is 31.0 Å². The topological polar surface area (TPSA) is 64.6 Å². The zero-order valence-electron chi connectivity index (χ0n) is 14.3. The molecule has 0 unspecified atom stereocenters. The number of amides is 1. The Morgan fingerprint density at radius 1 is 1.04 bits per heavy atom. The lowest BCUT2D eigenvalue weighted by molar-refractivity contribution is 0.101. The molecule has 1 amide bonds. The molecule has 5 nitrogen and oxygen atoms in total. The molecule has 0 spiro atoms. The number of benzene rings is 2. The van der Waals surface area contributed by atoms with Gasteiger partial charge in [-0.15, -0.1) is 0 Å². The van der Waals surface area contributed by atoms with Gasteiger partial charge in [0, 0.05) is 17.7 Å². The van der Waals surface area contributed by atoms with Crippen molar-refractivity contribution < 1.29 is 19.1 Å². The third-order valence-corrected chi connectivity index (χ3v) is 3.76. The molecule has 0 atom stereocenters. The Labute approximate surface area is 141 Å².